The molecule has 15 heavy (non-hydrogen) atoms. The lowest BCUT2D eigenvalue weighted by Gasteiger charge is -2.26. The zero-order valence-corrected chi connectivity index (χ0v) is 9.75. The van der Waals surface area contributed by atoms with Crippen molar-refractivity contribution in [2.75, 3.05) is 19.6 Å². The third-order valence-corrected chi connectivity index (χ3v) is 1.57. The molecule has 2 N–H and O–H groups in total. The van der Waals surface area contributed by atoms with Crippen molar-refractivity contribution in [3.63, 3.8) is 0 Å². The average molecular weight is 212 g/mol. The minimum atomic E-state index is -0.493. The molecule has 0 atom stereocenters. The van der Waals surface area contributed by atoms with Crippen LogP contribution in [0.25, 0.3) is 0 Å². The summed E-state index contributed by atoms with van der Waals surface area (Å²) >= 11 is 0. The van der Waals surface area contributed by atoms with Gasteiger partial charge in [0.25, 0.3) is 0 Å². The van der Waals surface area contributed by atoms with Crippen molar-refractivity contribution in [1.29, 1.82) is 0 Å². The minimum Gasteiger partial charge on any atom is -0.444 e. The number of nitrogens with zero attached hydrogens (tertiary/aromatic N) is 1. The molecule has 0 spiro atoms. The number of terminal acetylenes is 1. The Morgan fingerprint density at radius 3 is 2.53 bits per heavy atom. The van der Waals surface area contributed by atoms with Gasteiger partial charge in [0.1, 0.15) is 5.60 Å². The first-order valence-corrected chi connectivity index (χ1v) is 5.02. The number of rotatable bonds is 4. The number of hydrogen-bond acceptors (Lipinski definition) is 3. The van der Waals surface area contributed by atoms with Crippen LogP contribution in [0.5, 0.6) is 0 Å². The van der Waals surface area contributed by atoms with E-state index in [2.05, 4.69) is 5.92 Å². The van der Waals surface area contributed by atoms with Crippen LogP contribution in [0.2, 0.25) is 0 Å². The molecule has 0 rings (SSSR count). The number of amides is 1. The van der Waals surface area contributed by atoms with E-state index in [1.807, 2.05) is 20.8 Å². The smallest absolute Gasteiger partial charge is 0.411 e. The Bertz CT molecular complexity index is 238. The van der Waals surface area contributed by atoms with Gasteiger partial charge in [-0.05, 0) is 33.7 Å². The maximum Gasteiger partial charge on any atom is 0.411 e. The summed E-state index contributed by atoms with van der Waals surface area (Å²) in [6.45, 7) is 6.79. The van der Waals surface area contributed by atoms with E-state index < -0.39 is 5.60 Å². The van der Waals surface area contributed by atoms with E-state index in [1.165, 1.54) is 4.90 Å². The van der Waals surface area contributed by atoms with Crippen LogP contribution in [0.1, 0.15) is 27.2 Å². The highest BCUT2D eigenvalue weighted by atomic mass is 16.6. The average Bonchev–Trinajstić information content (AvgIpc) is 2.09. The summed E-state index contributed by atoms with van der Waals surface area (Å²) in [6.07, 6.45) is 5.51. The maximum atomic E-state index is 11.6. The first-order valence-electron chi connectivity index (χ1n) is 5.02. The van der Waals surface area contributed by atoms with Crippen molar-refractivity contribution in [2.24, 2.45) is 5.73 Å². The second-order valence-corrected chi connectivity index (χ2v) is 4.25. The molecule has 0 bridgehead atoms. The predicted molar refractivity (Wildman–Crippen MR) is 60.3 cm³/mol. The lowest BCUT2D eigenvalue weighted by Crippen LogP contribution is -2.38. The van der Waals surface area contributed by atoms with Gasteiger partial charge in [0.2, 0.25) is 0 Å². The highest BCUT2D eigenvalue weighted by Crippen LogP contribution is 2.09. The molecular weight excluding hydrogens is 192 g/mol. The molecule has 0 aliphatic heterocycles. The second-order valence-electron chi connectivity index (χ2n) is 4.25. The summed E-state index contributed by atoms with van der Waals surface area (Å²) in [7, 11) is 0. The van der Waals surface area contributed by atoms with Gasteiger partial charge in [0, 0.05) is 6.54 Å². The largest absolute Gasteiger partial charge is 0.444 e. The van der Waals surface area contributed by atoms with Crippen molar-refractivity contribution >= 4 is 6.09 Å². The van der Waals surface area contributed by atoms with E-state index in [0.717, 1.165) is 6.42 Å². The van der Waals surface area contributed by atoms with E-state index in [0.29, 0.717) is 13.1 Å². The van der Waals surface area contributed by atoms with Gasteiger partial charge >= 0.3 is 6.09 Å². The van der Waals surface area contributed by atoms with Gasteiger partial charge in [-0.2, -0.15) is 0 Å². The first-order chi connectivity index (χ1) is 6.90. The van der Waals surface area contributed by atoms with Crippen molar-refractivity contribution < 1.29 is 9.53 Å². The molecule has 0 aromatic carbocycles. The van der Waals surface area contributed by atoms with E-state index in [9.17, 15) is 4.79 Å². The Labute approximate surface area is 91.8 Å². The molecule has 0 saturated heterocycles. The lowest BCUT2D eigenvalue weighted by atomic mass is 10.2. The van der Waals surface area contributed by atoms with Gasteiger partial charge in [-0.15, -0.1) is 6.42 Å². The Hall–Kier alpha value is -1.21. The monoisotopic (exact) mass is 212 g/mol. The van der Waals surface area contributed by atoms with Crippen LogP contribution in [-0.2, 0) is 4.74 Å². The van der Waals surface area contributed by atoms with Crippen LogP contribution in [0.15, 0.2) is 0 Å². The molecule has 0 aromatic heterocycles. The molecule has 1 amide bonds. The van der Waals surface area contributed by atoms with E-state index in [-0.39, 0.29) is 12.6 Å². The van der Waals surface area contributed by atoms with Crippen molar-refractivity contribution in [1.82, 2.24) is 4.90 Å². The summed E-state index contributed by atoms with van der Waals surface area (Å²) in [5, 5.41) is 0. The Morgan fingerprint density at radius 1 is 1.53 bits per heavy atom. The van der Waals surface area contributed by atoms with Crippen LogP contribution < -0.4 is 5.73 Å². The summed E-state index contributed by atoms with van der Waals surface area (Å²) in [6, 6.07) is 0. The standard InChI is InChI=1S/C11H20N2O2/c1-5-8-13(9-6-7-12)10(14)15-11(2,3)4/h1H,6-9,12H2,2-4H3. The van der Waals surface area contributed by atoms with Gasteiger partial charge < -0.3 is 10.5 Å². The molecule has 4 heteroatoms. The molecule has 0 heterocycles. The molecule has 0 radical (unpaired) electrons. The number of carbonyl (C=O) groups is 1. The third-order valence-electron chi connectivity index (χ3n) is 1.57. The SMILES string of the molecule is C#CCN(CCCN)C(=O)OC(C)(C)C. The molecular formula is C11H20N2O2. The van der Waals surface area contributed by atoms with Crippen LogP contribution in [0.4, 0.5) is 4.79 Å². The molecule has 0 aromatic rings. The fourth-order valence-electron chi connectivity index (χ4n) is 0.954. The molecule has 0 aliphatic rings. The molecule has 86 valence electrons. The van der Waals surface area contributed by atoms with Gasteiger partial charge in [0.05, 0.1) is 6.54 Å². The number of carbonyl (C=O) groups excluding carboxylic acids is 1. The molecule has 0 saturated carbocycles. The van der Waals surface area contributed by atoms with Crippen molar-refractivity contribution in [2.45, 2.75) is 32.8 Å². The molecule has 4 nitrogen and oxygen atoms in total. The Balaban J connectivity index is 4.23. The normalized spacial score (nSPS) is 10.6. The molecule has 0 unspecified atom stereocenters. The van der Waals surface area contributed by atoms with Crippen LogP contribution >= 0.6 is 0 Å². The van der Waals surface area contributed by atoms with Gasteiger partial charge in [-0.25, -0.2) is 4.79 Å². The van der Waals surface area contributed by atoms with Crippen LogP contribution in [0.3, 0.4) is 0 Å². The zero-order chi connectivity index (χ0) is 11.9. The molecule has 0 fully saturated rings. The summed E-state index contributed by atoms with van der Waals surface area (Å²) in [4.78, 5) is 13.1. The van der Waals surface area contributed by atoms with E-state index in [4.69, 9.17) is 16.9 Å². The van der Waals surface area contributed by atoms with Crippen LogP contribution in [-0.4, -0.2) is 36.2 Å². The van der Waals surface area contributed by atoms with Crippen LogP contribution in [0, 0.1) is 12.3 Å². The van der Waals surface area contributed by atoms with Gasteiger partial charge in [-0.1, -0.05) is 5.92 Å². The number of ether oxygens (including phenoxy) is 1. The molecule has 0 aliphatic carbocycles. The maximum absolute atomic E-state index is 11.6. The van der Waals surface area contributed by atoms with Gasteiger partial charge in [0.15, 0.2) is 0 Å². The lowest BCUT2D eigenvalue weighted by molar-refractivity contribution is 0.0275. The zero-order valence-electron chi connectivity index (χ0n) is 9.75. The minimum absolute atomic E-state index is 0.259. The highest BCUT2D eigenvalue weighted by Gasteiger charge is 2.20. The summed E-state index contributed by atoms with van der Waals surface area (Å²) in [5.41, 5.74) is 4.88. The quantitative estimate of drug-likeness (QED) is 0.712. The summed E-state index contributed by atoms with van der Waals surface area (Å²) < 4.78 is 5.20. The first kappa shape index (κ1) is 13.8. The van der Waals surface area contributed by atoms with Crippen molar-refractivity contribution in [3.8, 4) is 12.3 Å². The van der Waals surface area contributed by atoms with E-state index in [1.54, 1.807) is 0 Å². The van der Waals surface area contributed by atoms with Crippen molar-refractivity contribution in [3.05, 3.63) is 0 Å². The fourth-order valence-corrected chi connectivity index (χ4v) is 0.954. The third kappa shape index (κ3) is 6.81. The fraction of sp³-hybridized carbons (Fsp3) is 0.727. The highest BCUT2D eigenvalue weighted by molar-refractivity contribution is 5.68. The van der Waals surface area contributed by atoms with Gasteiger partial charge in [-0.3, -0.25) is 4.90 Å². The second kappa shape index (κ2) is 6.31. The Morgan fingerprint density at radius 2 is 2.13 bits per heavy atom. The Kier molecular flexibility index (Phi) is 5.80. The number of hydrogen-bond donors (Lipinski definition) is 1. The topological polar surface area (TPSA) is 55.6 Å². The summed E-state index contributed by atoms with van der Waals surface area (Å²) in [5.74, 6) is 2.43. The van der Waals surface area contributed by atoms with E-state index >= 15 is 0 Å². The number of nitrogens with two attached hydrogens (primary N) is 1. The predicted octanol–water partition coefficient (Wildman–Crippen LogP) is 1.21.